The van der Waals surface area contributed by atoms with Gasteiger partial charge in [-0.3, -0.25) is 4.98 Å². The van der Waals surface area contributed by atoms with Gasteiger partial charge in [-0.1, -0.05) is 127 Å². The maximum absolute atomic E-state index is 5.01. The molecule has 1 heterocycles. The van der Waals surface area contributed by atoms with Crippen molar-refractivity contribution in [2.75, 3.05) is 0 Å². The van der Waals surface area contributed by atoms with Crippen molar-refractivity contribution in [1.82, 2.24) is 4.98 Å². The van der Waals surface area contributed by atoms with Crippen molar-refractivity contribution in [3.8, 4) is 33.4 Å². The third-order valence-corrected chi connectivity index (χ3v) is 8.07. The molecule has 0 aliphatic rings. The molecular formula is C39H25N. The Labute approximate surface area is 233 Å². The average Bonchev–Trinajstić information content (AvgIpc) is 3.03. The lowest BCUT2D eigenvalue weighted by Gasteiger charge is -2.18. The Morgan fingerprint density at radius 1 is 0.350 bits per heavy atom. The Balaban J connectivity index is 1.40. The van der Waals surface area contributed by atoms with E-state index in [1.54, 1.807) is 0 Å². The first-order chi connectivity index (χ1) is 19.8. The van der Waals surface area contributed by atoms with Gasteiger partial charge in [0.25, 0.3) is 0 Å². The molecule has 0 spiro atoms. The Morgan fingerprint density at radius 3 is 1.80 bits per heavy atom. The highest BCUT2D eigenvalue weighted by Gasteiger charge is 2.18. The quantitative estimate of drug-likeness (QED) is 0.217. The van der Waals surface area contributed by atoms with Gasteiger partial charge in [-0.05, 0) is 78.3 Å². The topological polar surface area (TPSA) is 12.9 Å². The molecular weight excluding hydrogens is 482 g/mol. The fourth-order valence-electron chi connectivity index (χ4n) is 6.24. The van der Waals surface area contributed by atoms with E-state index in [9.17, 15) is 0 Å². The highest BCUT2D eigenvalue weighted by Crippen LogP contribution is 2.44. The van der Waals surface area contributed by atoms with Crippen LogP contribution in [0.4, 0.5) is 0 Å². The zero-order chi connectivity index (χ0) is 26.5. The number of benzene rings is 7. The van der Waals surface area contributed by atoms with Crippen LogP contribution in [-0.4, -0.2) is 4.98 Å². The van der Waals surface area contributed by atoms with Crippen molar-refractivity contribution in [2.24, 2.45) is 0 Å². The zero-order valence-corrected chi connectivity index (χ0v) is 21.9. The van der Waals surface area contributed by atoms with Crippen molar-refractivity contribution in [1.29, 1.82) is 0 Å². The van der Waals surface area contributed by atoms with Crippen molar-refractivity contribution < 1.29 is 0 Å². The number of pyridine rings is 1. The molecule has 0 saturated heterocycles. The fraction of sp³-hybridized carbons (Fsp3) is 0. The van der Waals surface area contributed by atoms with E-state index >= 15 is 0 Å². The van der Waals surface area contributed by atoms with Crippen LogP contribution in [0.1, 0.15) is 0 Å². The van der Waals surface area contributed by atoms with Crippen LogP contribution in [0.2, 0.25) is 0 Å². The molecule has 40 heavy (non-hydrogen) atoms. The minimum Gasteiger partial charge on any atom is -0.256 e. The maximum atomic E-state index is 5.01. The summed E-state index contributed by atoms with van der Waals surface area (Å²) in [6.45, 7) is 0. The SMILES string of the molecule is c1ccc(-c2ccc3cc(-c4c5ccccc5c(-c5cccc6ccccc56)c5ncccc45)ccc3c2)cc1. The van der Waals surface area contributed by atoms with Crippen molar-refractivity contribution in [2.45, 2.75) is 0 Å². The minimum atomic E-state index is 1.03. The molecule has 0 bridgehead atoms. The molecule has 8 rings (SSSR count). The summed E-state index contributed by atoms with van der Waals surface area (Å²) in [5.74, 6) is 0. The van der Waals surface area contributed by atoms with Gasteiger partial charge < -0.3 is 0 Å². The summed E-state index contributed by atoms with van der Waals surface area (Å²) in [6, 6.07) is 52.5. The predicted molar refractivity (Wildman–Crippen MR) is 171 cm³/mol. The van der Waals surface area contributed by atoms with Gasteiger partial charge in [-0.2, -0.15) is 0 Å². The van der Waals surface area contributed by atoms with Crippen LogP contribution >= 0.6 is 0 Å². The number of nitrogens with zero attached hydrogens (tertiary/aromatic N) is 1. The van der Waals surface area contributed by atoms with Gasteiger partial charge in [-0.25, -0.2) is 0 Å². The lowest BCUT2D eigenvalue weighted by Crippen LogP contribution is -1.93. The van der Waals surface area contributed by atoms with Crippen LogP contribution in [0, 0.1) is 0 Å². The first-order valence-corrected chi connectivity index (χ1v) is 13.7. The monoisotopic (exact) mass is 507 g/mol. The van der Waals surface area contributed by atoms with Gasteiger partial charge in [0.15, 0.2) is 0 Å². The highest BCUT2D eigenvalue weighted by atomic mass is 14.7. The first-order valence-electron chi connectivity index (χ1n) is 13.7. The zero-order valence-electron chi connectivity index (χ0n) is 21.9. The molecule has 0 radical (unpaired) electrons. The van der Waals surface area contributed by atoms with E-state index in [4.69, 9.17) is 4.98 Å². The molecule has 0 saturated carbocycles. The van der Waals surface area contributed by atoms with Crippen LogP contribution in [0.3, 0.4) is 0 Å². The molecule has 0 aliphatic heterocycles. The van der Waals surface area contributed by atoms with Gasteiger partial charge in [0.1, 0.15) is 0 Å². The Bertz CT molecular complexity index is 2150. The maximum Gasteiger partial charge on any atom is 0.0793 e. The molecule has 0 N–H and O–H groups in total. The van der Waals surface area contributed by atoms with Crippen LogP contribution in [-0.2, 0) is 0 Å². The van der Waals surface area contributed by atoms with Crippen molar-refractivity contribution in [3.05, 3.63) is 152 Å². The molecule has 7 aromatic carbocycles. The summed E-state index contributed by atoms with van der Waals surface area (Å²) in [6.07, 6.45) is 1.92. The van der Waals surface area contributed by atoms with E-state index in [1.165, 1.54) is 71.1 Å². The van der Waals surface area contributed by atoms with Crippen molar-refractivity contribution >= 4 is 43.2 Å². The summed E-state index contributed by atoms with van der Waals surface area (Å²) < 4.78 is 0. The lowest BCUT2D eigenvalue weighted by molar-refractivity contribution is 1.42. The van der Waals surface area contributed by atoms with E-state index < -0.39 is 0 Å². The third kappa shape index (κ3) is 3.60. The van der Waals surface area contributed by atoms with E-state index in [-0.39, 0.29) is 0 Å². The molecule has 0 fully saturated rings. The van der Waals surface area contributed by atoms with Crippen LogP contribution in [0.15, 0.2) is 152 Å². The van der Waals surface area contributed by atoms with Gasteiger partial charge in [0.2, 0.25) is 0 Å². The lowest BCUT2D eigenvalue weighted by atomic mass is 9.86. The van der Waals surface area contributed by atoms with Gasteiger partial charge >= 0.3 is 0 Å². The number of fused-ring (bicyclic) bond motifs is 4. The van der Waals surface area contributed by atoms with Gasteiger partial charge in [0, 0.05) is 17.1 Å². The van der Waals surface area contributed by atoms with Gasteiger partial charge in [-0.15, -0.1) is 0 Å². The Kier molecular flexibility index (Phi) is 5.21. The summed E-state index contributed by atoms with van der Waals surface area (Å²) in [4.78, 5) is 5.01. The van der Waals surface area contributed by atoms with E-state index in [0.29, 0.717) is 0 Å². The number of rotatable bonds is 3. The van der Waals surface area contributed by atoms with E-state index in [2.05, 4.69) is 146 Å². The molecule has 0 amide bonds. The van der Waals surface area contributed by atoms with Gasteiger partial charge in [0.05, 0.1) is 5.52 Å². The summed E-state index contributed by atoms with van der Waals surface area (Å²) in [5, 5.41) is 8.59. The summed E-state index contributed by atoms with van der Waals surface area (Å²) >= 11 is 0. The second-order valence-electron chi connectivity index (χ2n) is 10.4. The first kappa shape index (κ1) is 22.7. The molecule has 186 valence electrons. The van der Waals surface area contributed by atoms with E-state index in [0.717, 1.165) is 5.52 Å². The average molecular weight is 508 g/mol. The molecule has 0 aliphatic carbocycles. The Hall–Kier alpha value is -5.27. The van der Waals surface area contributed by atoms with E-state index in [1.807, 2.05) is 6.20 Å². The molecule has 0 atom stereocenters. The van der Waals surface area contributed by atoms with Crippen LogP contribution < -0.4 is 0 Å². The molecule has 1 heteroatoms. The number of hydrogen-bond acceptors (Lipinski definition) is 1. The minimum absolute atomic E-state index is 1.03. The highest BCUT2D eigenvalue weighted by molar-refractivity contribution is 6.22. The van der Waals surface area contributed by atoms with Crippen molar-refractivity contribution in [3.63, 3.8) is 0 Å². The largest absolute Gasteiger partial charge is 0.256 e. The standard InChI is InChI=1S/C39H25N/c1-2-10-26(11-3-1)28-19-20-30-25-31(22-21-29(30)24-28)37-34-15-6-7-16-35(34)38(39-36(37)18-9-23-40-39)33-17-8-13-27-12-4-5-14-32(27)33/h1-25H. The van der Waals surface area contributed by atoms with Crippen LogP contribution in [0.5, 0.6) is 0 Å². The molecule has 0 unspecified atom stereocenters. The second kappa shape index (κ2) is 9.18. The number of aromatic nitrogens is 1. The molecule has 1 aromatic heterocycles. The Morgan fingerprint density at radius 2 is 0.975 bits per heavy atom. The normalized spacial score (nSPS) is 11.5. The number of hydrogen-bond donors (Lipinski definition) is 0. The predicted octanol–water partition coefficient (Wildman–Crippen LogP) is 10.7. The second-order valence-corrected chi connectivity index (χ2v) is 10.4. The smallest absolute Gasteiger partial charge is 0.0793 e. The third-order valence-electron chi connectivity index (χ3n) is 8.07. The molecule has 1 nitrogen and oxygen atoms in total. The fourth-order valence-corrected chi connectivity index (χ4v) is 6.24. The molecule has 8 aromatic rings. The summed E-state index contributed by atoms with van der Waals surface area (Å²) in [7, 11) is 0. The summed E-state index contributed by atoms with van der Waals surface area (Å²) in [5.41, 5.74) is 8.36. The van der Waals surface area contributed by atoms with Crippen LogP contribution in [0.25, 0.3) is 76.6 Å².